The average molecular weight is 376 g/mol. The molecule has 0 radical (unpaired) electrons. The van der Waals surface area contributed by atoms with Crippen LogP contribution in [0.15, 0.2) is 42.6 Å². The van der Waals surface area contributed by atoms with E-state index < -0.39 is 0 Å². The number of pyridine rings is 1. The molecule has 1 aromatic carbocycles. The van der Waals surface area contributed by atoms with Crippen molar-refractivity contribution < 1.29 is 4.79 Å². The minimum absolute atomic E-state index is 0.125. The molecule has 3 heterocycles. The maximum Gasteiger partial charge on any atom is 0.293 e. The Morgan fingerprint density at radius 1 is 0.964 bits per heavy atom. The van der Waals surface area contributed by atoms with E-state index >= 15 is 0 Å². The van der Waals surface area contributed by atoms with Crippen molar-refractivity contribution >= 4 is 5.91 Å². The van der Waals surface area contributed by atoms with E-state index in [0.717, 1.165) is 35.6 Å². The maximum absolute atomic E-state index is 13.0. The molecule has 2 aromatic heterocycles. The molecule has 1 fully saturated rings. The van der Waals surface area contributed by atoms with Gasteiger partial charge in [0, 0.05) is 43.6 Å². The molecule has 0 aliphatic carbocycles. The van der Waals surface area contributed by atoms with Crippen molar-refractivity contribution in [1.82, 2.24) is 29.5 Å². The Morgan fingerprint density at radius 3 is 2.32 bits per heavy atom. The summed E-state index contributed by atoms with van der Waals surface area (Å²) in [5.74, 6) is 0.717. The van der Waals surface area contributed by atoms with Crippen molar-refractivity contribution in [2.75, 3.05) is 33.2 Å². The van der Waals surface area contributed by atoms with Crippen LogP contribution in [0.3, 0.4) is 0 Å². The van der Waals surface area contributed by atoms with Crippen LogP contribution in [0, 0.1) is 13.8 Å². The van der Waals surface area contributed by atoms with Gasteiger partial charge in [0.2, 0.25) is 5.82 Å². The molecule has 144 valence electrons. The number of aromatic nitrogens is 4. The van der Waals surface area contributed by atoms with Crippen molar-refractivity contribution in [1.29, 1.82) is 0 Å². The second-order valence-electron chi connectivity index (χ2n) is 7.29. The number of carbonyl (C=O) groups excluding carboxylic acids is 1. The molecule has 0 atom stereocenters. The highest BCUT2D eigenvalue weighted by atomic mass is 16.2. The van der Waals surface area contributed by atoms with Crippen LogP contribution in [-0.4, -0.2) is 68.7 Å². The second-order valence-corrected chi connectivity index (χ2v) is 7.29. The average Bonchev–Trinajstić information content (AvgIpc) is 3.14. The van der Waals surface area contributed by atoms with Gasteiger partial charge in [0.1, 0.15) is 0 Å². The summed E-state index contributed by atoms with van der Waals surface area (Å²) in [5.41, 5.74) is 3.79. The Balaban J connectivity index is 1.74. The molecule has 4 rings (SSSR count). The predicted octanol–water partition coefficient (Wildman–Crippen LogP) is 2.33. The van der Waals surface area contributed by atoms with Gasteiger partial charge in [-0.1, -0.05) is 17.7 Å². The van der Waals surface area contributed by atoms with Gasteiger partial charge in [-0.15, -0.1) is 5.10 Å². The van der Waals surface area contributed by atoms with Gasteiger partial charge in [0.15, 0.2) is 5.82 Å². The standard InChI is InChI=1S/C21H24N6O/c1-15-4-8-18(9-5-15)27-20(17-7-6-16(2)22-14-17)23-19(24-27)21(28)26-12-10-25(3)11-13-26/h4-9,14H,10-13H2,1-3H3. The lowest BCUT2D eigenvalue weighted by atomic mass is 10.2. The molecule has 0 spiro atoms. The molecule has 1 aliphatic rings. The first-order chi connectivity index (χ1) is 13.5. The predicted molar refractivity (Wildman–Crippen MR) is 107 cm³/mol. The molecular formula is C21H24N6O. The molecule has 0 saturated carbocycles. The van der Waals surface area contributed by atoms with E-state index in [1.54, 1.807) is 10.9 Å². The first-order valence-electron chi connectivity index (χ1n) is 9.46. The summed E-state index contributed by atoms with van der Waals surface area (Å²) >= 11 is 0. The Morgan fingerprint density at radius 2 is 1.68 bits per heavy atom. The van der Waals surface area contributed by atoms with Crippen LogP contribution < -0.4 is 0 Å². The normalized spacial score (nSPS) is 15.0. The minimum atomic E-state index is -0.125. The molecule has 1 amide bonds. The number of aryl methyl sites for hydroxylation is 2. The van der Waals surface area contributed by atoms with E-state index in [1.165, 1.54) is 0 Å². The Hall–Kier alpha value is -3.06. The highest BCUT2D eigenvalue weighted by molar-refractivity contribution is 5.91. The zero-order chi connectivity index (χ0) is 19.7. The molecule has 3 aromatic rings. The van der Waals surface area contributed by atoms with Crippen molar-refractivity contribution in [2.45, 2.75) is 13.8 Å². The van der Waals surface area contributed by atoms with Crippen molar-refractivity contribution in [2.24, 2.45) is 0 Å². The quantitative estimate of drug-likeness (QED) is 0.702. The first kappa shape index (κ1) is 18.3. The number of amides is 1. The monoisotopic (exact) mass is 376 g/mol. The van der Waals surface area contributed by atoms with E-state index in [9.17, 15) is 4.79 Å². The maximum atomic E-state index is 13.0. The van der Waals surface area contributed by atoms with Gasteiger partial charge in [-0.05, 0) is 45.2 Å². The summed E-state index contributed by atoms with van der Waals surface area (Å²) < 4.78 is 1.73. The molecule has 7 heteroatoms. The lowest BCUT2D eigenvalue weighted by molar-refractivity contribution is 0.0652. The number of hydrogen-bond donors (Lipinski definition) is 0. The lowest BCUT2D eigenvalue weighted by Crippen LogP contribution is -2.47. The number of hydrogen-bond acceptors (Lipinski definition) is 5. The molecule has 1 saturated heterocycles. The number of rotatable bonds is 3. The Labute approximate surface area is 164 Å². The first-order valence-corrected chi connectivity index (χ1v) is 9.46. The Kier molecular flexibility index (Phi) is 4.92. The topological polar surface area (TPSA) is 67.2 Å². The van der Waals surface area contributed by atoms with E-state index in [0.29, 0.717) is 18.9 Å². The summed E-state index contributed by atoms with van der Waals surface area (Å²) in [6.45, 7) is 7.08. The third kappa shape index (κ3) is 3.66. The lowest BCUT2D eigenvalue weighted by Gasteiger charge is -2.31. The van der Waals surface area contributed by atoms with Crippen molar-refractivity contribution in [3.05, 3.63) is 59.7 Å². The molecule has 28 heavy (non-hydrogen) atoms. The summed E-state index contributed by atoms with van der Waals surface area (Å²) in [6, 6.07) is 11.9. The number of likely N-dealkylation sites (N-methyl/N-ethyl adjacent to an activating group) is 1. The molecule has 0 unspecified atom stereocenters. The Bertz CT molecular complexity index is 906. The molecule has 7 nitrogen and oxygen atoms in total. The smallest absolute Gasteiger partial charge is 0.293 e. The van der Waals surface area contributed by atoms with Crippen LogP contribution in [0.5, 0.6) is 0 Å². The fourth-order valence-electron chi connectivity index (χ4n) is 3.21. The van der Waals surface area contributed by atoms with Crippen molar-refractivity contribution in [3.63, 3.8) is 0 Å². The van der Waals surface area contributed by atoms with E-state index in [1.807, 2.05) is 55.1 Å². The third-order valence-electron chi connectivity index (χ3n) is 5.04. The summed E-state index contributed by atoms with van der Waals surface area (Å²) in [7, 11) is 2.06. The summed E-state index contributed by atoms with van der Waals surface area (Å²) in [4.78, 5) is 26.0. The summed E-state index contributed by atoms with van der Waals surface area (Å²) in [6.07, 6.45) is 1.77. The highest BCUT2D eigenvalue weighted by Crippen LogP contribution is 2.22. The van der Waals surface area contributed by atoms with Crippen LogP contribution in [0.25, 0.3) is 17.1 Å². The fraction of sp³-hybridized carbons (Fsp3) is 0.333. The fourth-order valence-corrected chi connectivity index (χ4v) is 3.21. The van der Waals surface area contributed by atoms with Gasteiger partial charge < -0.3 is 9.80 Å². The summed E-state index contributed by atoms with van der Waals surface area (Å²) in [5, 5.41) is 4.58. The van der Waals surface area contributed by atoms with Gasteiger partial charge in [0.05, 0.1) is 5.69 Å². The van der Waals surface area contributed by atoms with Gasteiger partial charge in [-0.2, -0.15) is 0 Å². The SMILES string of the molecule is Cc1ccc(-n2nc(C(=O)N3CCN(C)CC3)nc2-c2ccc(C)nc2)cc1. The van der Waals surface area contributed by atoms with Crippen molar-refractivity contribution in [3.8, 4) is 17.1 Å². The van der Waals surface area contributed by atoms with Gasteiger partial charge >= 0.3 is 0 Å². The van der Waals surface area contributed by atoms with Gasteiger partial charge in [-0.25, -0.2) is 9.67 Å². The van der Waals surface area contributed by atoms with Crippen LogP contribution >= 0.6 is 0 Å². The molecule has 1 aliphatic heterocycles. The van der Waals surface area contributed by atoms with Gasteiger partial charge in [0.25, 0.3) is 5.91 Å². The van der Waals surface area contributed by atoms with E-state index in [-0.39, 0.29) is 11.7 Å². The number of benzene rings is 1. The zero-order valence-corrected chi connectivity index (χ0v) is 16.5. The van der Waals surface area contributed by atoms with E-state index in [4.69, 9.17) is 0 Å². The molecule has 0 bridgehead atoms. The third-order valence-corrected chi connectivity index (χ3v) is 5.04. The highest BCUT2D eigenvalue weighted by Gasteiger charge is 2.25. The second kappa shape index (κ2) is 7.52. The molecular weight excluding hydrogens is 352 g/mol. The van der Waals surface area contributed by atoms with E-state index in [2.05, 4.69) is 27.0 Å². The largest absolute Gasteiger partial charge is 0.333 e. The van der Waals surface area contributed by atoms with Gasteiger partial charge in [-0.3, -0.25) is 9.78 Å². The zero-order valence-electron chi connectivity index (χ0n) is 16.5. The van der Waals surface area contributed by atoms with Crippen LogP contribution in [0.4, 0.5) is 0 Å². The van der Waals surface area contributed by atoms with Crippen LogP contribution in [0.1, 0.15) is 21.9 Å². The number of carbonyl (C=O) groups is 1. The van der Waals surface area contributed by atoms with Crippen LogP contribution in [-0.2, 0) is 0 Å². The molecule has 0 N–H and O–H groups in total. The number of nitrogens with zero attached hydrogens (tertiary/aromatic N) is 6. The number of piperazine rings is 1. The minimum Gasteiger partial charge on any atom is -0.333 e. The van der Waals surface area contributed by atoms with Crippen LogP contribution in [0.2, 0.25) is 0 Å².